The predicted molar refractivity (Wildman–Crippen MR) is 79.7 cm³/mol. The number of anilines is 2. The van der Waals surface area contributed by atoms with Crippen molar-refractivity contribution >= 4 is 29.1 Å². The van der Waals surface area contributed by atoms with Gasteiger partial charge in [-0.1, -0.05) is 11.6 Å². The zero-order chi connectivity index (χ0) is 15.6. The zero-order valence-electron chi connectivity index (χ0n) is 11.8. The number of nitrogens with zero attached hydrogens (tertiary/aromatic N) is 1. The molecular weight excluding hydrogens is 295 g/mol. The lowest BCUT2D eigenvalue weighted by Crippen LogP contribution is -2.09. The molecule has 0 fully saturated rings. The van der Waals surface area contributed by atoms with Crippen molar-refractivity contribution in [2.75, 3.05) is 12.4 Å². The van der Waals surface area contributed by atoms with Crippen molar-refractivity contribution in [3.63, 3.8) is 0 Å². The molecule has 0 spiro atoms. The average Bonchev–Trinajstić information content (AvgIpc) is 2.44. The van der Waals surface area contributed by atoms with E-state index in [4.69, 9.17) is 16.3 Å². The van der Waals surface area contributed by atoms with Crippen molar-refractivity contribution in [2.24, 2.45) is 0 Å². The molecule has 6 heteroatoms. The number of nitrogens with one attached hydrogen (secondary N) is 1. The number of esters is 1. The van der Waals surface area contributed by atoms with Crippen LogP contribution in [0.3, 0.4) is 0 Å². The molecule has 1 heterocycles. The molecule has 0 aliphatic heterocycles. The van der Waals surface area contributed by atoms with Crippen LogP contribution in [-0.4, -0.2) is 18.1 Å². The van der Waals surface area contributed by atoms with Crippen molar-refractivity contribution in [1.29, 1.82) is 0 Å². The Hall–Kier alpha value is -2.14. The minimum Gasteiger partial charge on any atom is -0.465 e. The van der Waals surface area contributed by atoms with Gasteiger partial charge in [-0.05, 0) is 43.7 Å². The average molecular weight is 309 g/mol. The van der Waals surface area contributed by atoms with Crippen molar-refractivity contribution in [2.45, 2.75) is 13.8 Å². The van der Waals surface area contributed by atoms with Crippen molar-refractivity contribution in [1.82, 2.24) is 4.98 Å². The fourth-order valence-electron chi connectivity index (χ4n) is 1.84. The van der Waals surface area contributed by atoms with Crippen LogP contribution in [0.1, 0.15) is 21.6 Å². The molecule has 0 amide bonds. The lowest BCUT2D eigenvalue weighted by molar-refractivity contribution is 0.0601. The second-order valence-electron chi connectivity index (χ2n) is 4.53. The number of halogens is 2. The highest BCUT2D eigenvalue weighted by Gasteiger charge is 2.16. The Labute approximate surface area is 126 Å². The summed E-state index contributed by atoms with van der Waals surface area (Å²) in [5, 5.41) is 3.39. The maximum Gasteiger partial charge on any atom is 0.341 e. The molecule has 0 atom stereocenters. The van der Waals surface area contributed by atoms with E-state index < -0.39 is 5.97 Å². The Morgan fingerprint density at radius 1 is 1.33 bits per heavy atom. The minimum absolute atomic E-state index is 0.219. The SMILES string of the molecule is COC(=O)c1cc(Cl)c(C)nc1Nc1ccc(F)cc1C. The molecule has 110 valence electrons. The van der Waals surface area contributed by atoms with Gasteiger partial charge in [0.1, 0.15) is 17.2 Å². The van der Waals surface area contributed by atoms with E-state index in [0.29, 0.717) is 27.8 Å². The van der Waals surface area contributed by atoms with E-state index in [9.17, 15) is 9.18 Å². The van der Waals surface area contributed by atoms with Crippen LogP contribution >= 0.6 is 11.6 Å². The van der Waals surface area contributed by atoms with Gasteiger partial charge in [-0.3, -0.25) is 0 Å². The molecule has 1 aromatic carbocycles. The highest BCUT2D eigenvalue weighted by molar-refractivity contribution is 6.31. The number of methoxy groups -OCH3 is 1. The molecular formula is C15H14ClFN2O2. The maximum absolute atomic E-state index is 13.1. The highest BCUT2D eigenvalue weighted by Crippen LogP contribution is 2.26. The molecule has 2 aromatic rings. The van der Waals surface area contributed by atoms with Gasteiger partial charge in [0.15, 0.2) is 0 Å². The lowest BCUT2D eigenvalue weighted by Gasteiger charge is -2.13. The van der Waals surface area contributed by atoms with Crippen LogP contribution in [0.15, 0.2) is 24.3 Å². The van der Waals surface area contributed by atoms with Crippen molar-refractivity contribution < 1.29 is 13.9 Å². The number of ether oxygens (including phenoxy) is 1. The quantitative estimate of drug-likeness (QED) is 0.870. The summed E-state index contributed by atoms with van der Waals surface area (Å²) in [4.78, 5) is 16.1. The number of rotatable bonds is 3. The summed E-state index contributed by atoms with van der Waals surface area (Å²) in [6.07, 6.45) is 0. The van der Waals surface area contributed by atoms with E-state index in [-0.39, 0.29) is 11.4 Å². The number of carbonyl (C=O) groups is 1. The number of aromatic nitrogens is 1. The fraction of sp³-hybridized carbons (Fsp3) is 0.200. The van der Waals surface area contributed by atoms with Gasteiger partial charge in [-0.25, -0.2) is 14.2 Å². The number of hydrogen-bond donors (Lipinski definition) is 1. The summed E-state index contributed by atoms with van der Waals surface area (Å²) in [7, 11) is 1.28. The Balaban J connectivity index is 2.47. The molecule has 1 N–H and O–H groups in total. The second-order valence-corrected chi connectivity index (χ2v) is 4.93. The minimum atomic E-state index is -0.549. The Bertz CT molecular complexity index is 704. The first-order valence-electron chi connectivity index (χ1n) is 6.21. The van der Waals surface area contributed by atoms with E-state index in [2.05, 4.69) is 10.3 Å². The van der Waals surface area contributed by atoms with Crippen LogP contribution in [-0.2, 0) is 4.74 Å². The first-order valence-corrected chi connectivity index (χ1v) is 6.59. The highest BCUT2D eigenvalue weighted by atomic mass is 35.5. The molecule has 4 nitrogen and oxygen atoms in total. The third-order valence-electron chi connectivity index (χ3n) is 3.00. The van der Waals surface area contributed by atoms with E-state index in [0.717, 1.165) is 0 Å². The molecule has 0 unspecified atom stereocenters. The first kappa shape index (κ1) is 15.3. The third kappa shape index (κ3) is 3.31. The van der Waals surface area contributed by atoms with E-state index in [1.807, 2.05) is 0 Å². The molecule has 0 saturated heterocycles. The van der Waals surface area contributed by atoms with Gasteiger partial charge in [0, 0.05) is 5.69 Å². The normalized spacial score (nSPS) is 10.3. The molecule has 2 rings (SSSR count). The van der Waals surface area contributed by atoms with Crippen LogP contribution in [0, 0.1) is 19.7 Å². The summed E-state index contributed by atoms with van der Waals surface area (Å²) < 4.78 is 17.9. The van der Waals surface area contributed by atoms with Gasteiger partial charge < -0.3 is 10.1 Å². The second kappa shape index (κ2) is 6.10. The van der Waals surface area contributed by atoms with Gasteiger partial charge in [-0.15, -0.1) is 0 Å². The van der Waals surface area contributed by atoms with Gasteiger partial charge in [0.25, 0.3) is 0 Å². The van der Waals surface area contributed by atoms with Gasteiger partial charge in [0.05, 0.1) is 17.8 Å². The van der Waals surface area contributed by atoms with Crippen molar-refractivity contribution in [3.8, 4) is 0 Å². The predicted octanol–water partition coefficient (Wildman–Crippen LogP) is 4.02. The first-order chi connectivity index (χ1) is 9.92. The molecule has 21 heavy (non-hydrogen) atoms. The smallest absolute Gasteiger partial charge is 0.341 e. The van der Waals surface area contributed by atoms with E-state index in [1.165, 1.54) is 25.3 Å². The number of hydrogen-bond acceptors (Lipinski definition) is 4. The maximum atomic E-state index is 13.1. The summed E-state index contributed by atoms with van der Waals surface area (Å²) in [6, 6.07) is 5.80. The zero-order valence-corrected chi connectivity index (χ0v) is 12.6. The van der Waals surface area contributed by atoms with E-state index in [1.54, 1.807) is 19.9 Å². The molecule has 0 aliphatic rings. The van der Waals surface area contributed by atoms with E-state index >= 15 is 0 Å². The van der Waals surface area contributed by atoms with Gasteiger partial charge in [0.2, 0.25) is 0 Å². The fourth-order valence-corrected chi connectivity index (χ4v) is 1.99. The topological polar surface area (TPSA) is 51.2 Å². The summed E-state index contributed by atoms with van der Waals surface area (Å²) in [5.74, 6) is -0.559. The number of carbonyl (C=O) groups excluding carboxylic acids is 1. The standard InChI is InChI=1S/C15H14ClFN2O2/c1-8-6-10(17)4-5-13(8)19-14-11(15(20)21-3)7-12(16)9(2)18-14/h4-7H,1-3H3,(H,18,19). The molecule has 0 bridgehead atoms. The third-order valence-corrected chi connectivity index (χ3v) is 3.38. The molecule has 0 aliphatic carbocycles. The van der Waals surface area contributed by atoms with Crippen LogP contribution < -0.4 is 5.32 Å². The number of benzene rings is 1. The Kier molecular flexibility index (Phi) is 4.43. The van der Waals surface area contributed by atoms with Crippen LogP contribution in [0.25, 0.3) is 0 Å². The molecule has 0 saturated carbocycles. The van der Waals surface area contributed by atoms with Gasteiger partial charge in [-0.2, -0.15) is 0 Å². The van der Waals surface area contributed by atoms with Crippen LogP contribution in [0.4, 0.5) is 15.9 Å². The lowest BCUT2D eigenvalue weighted by atomic mass is 10.1. The van der Waals surface area contributed by atoms with Crippen molar-refractivity contribution in [3.05, 3.63) is 51.9 Å². The monoisotopic (exact) mass is 308 g/mol. The number of aryl methyl sites for hydroxylation is 2. The van der Waals surface area contributed by atoms with Crippen LogP contribution in [0.2, 0.25) is 5.02 Å². The Morgan fingerprint density at radius 2 is 2.05 bits per heavy atom. The molecule has 1 aromatic heterocycles. The largest absolute Gasteiger partial charge is 0.465 e. The molecule has 0 radical (unpaired) electrons. The van der Waals surface area contributed by atoms with Crippen LogP contribution in [0.5, 0.6) is 0 Å². The summed E-state index contributed by atoms with van der Waals surface area (Å²) in [6.45, 7) is 3.48. The summed E-state index contributed by atoms with van der Waals surface area (Å²) in [5.41, 5.74) is 2.14. The van der Waals surface area contributed by atoms with Gasteiger partial charge >= 0.3 is 5.97 Å². The number of pyridine rings is 1. The Morgan fingerprint density at radius 3 is 2.67 bits per heavy atom. The summed E-state index contributed by atoms with van der Waals surface area (Å²) >= 11 is 5.99.